The number of likely N-dealkylation sites (tertiary alicyclic amines) is 1. The largest absolute Gasteiger partial charge is 0.471 e. The molecule has 6 rings (SSSR count). The lowest BCUT2D eigenvalue weighted by Crippen LogP contribution is -2.58. The number of rotatable bonds is 5. The Kier molecular flexibility index (Phi) is 6.91. The topological polar surface area (TPSA) is 134 Å². The number of fused-ring (bicyclic) bond motifs is 2. The van der Waals surface area contributed by atoms with E-state index in [0.29, 0.717) is 6.42 Å². The number of halogens is 2. The van der Waals surface area contributed by atoms with Crippen LogP contribution in [-0.4, -0.2) is 87.0 Å². The number of hydrogen-bond acceptors (Lipinski definition) is 8. The first-order valence-corrected chi connectivity index (χ1v) is 13.5. The smallest absolute Gasteiger partial charge is 0.415 e. The van der Waals surface area contributed by atoms with Crippen molar-refractivity contribution in [1.82, 2.24) is 19.8 Å². The second-order valence-electron chi connectivity index (χ2n) is 11.7. The molecule has 3 saturated heterocycles. The Balaban J connectivity index is 1.67. The third-order valence-electron chi connectivity index (χ3n) is 7.95. The molecule has 0 radical (unpaired) electrons. The molecule has 2 amide bonds. The molecule has 0 spiro atoms. The number of amides is 2. The molecule has 5 heterocycles. The minimum absolute atomic E-state index is 0.0116. The van der Waals surface area contributed by atoms with E-state index in [1.807, 2.05) is 14.0 Å². The Morgan fingerprint density at radius 3 is 2.67 bits per heavy atom. The van der Waals surface area contributed by atoms with E-state index >= 15 is 4.39 Å². The Hall–Kier alpha value is -3.12. The number of ether oxygens (including phenoxy) is 2. The van der Waals surface area contributed by atoms with Gasteiger partial charge in [-0.1, -0.05) is 11.6 Å². The molecule has 4 fully saturated rings. The van der Waals surface area contributed by atoms with Crippen molar-refractivity contribution >= 4 is 46.1 Å². The molecule has 1 aliphatic carbocycles. The minimum atomic E-state index is -1.07. The summed E-state index contributed by atoms with van der Waals surface area (Å²) >= 11 is 6.02. The summed E-state index contributed by atoms with van der Waals surface area (Å²) in [6, 6.07) is -0.943. The van der Waals surface area contributed by atoms with Crippen LogP contribution in [0.2, 0.25) is 5.15 Å². The maximum Gasteiger partial charge on any atom is 0.415 e. The number of carboxylic acid groups (broad SMARTS) is 1. The molecule has 0 aromatic carbocycles. The van der Waals surface area contributed by atoms with E-state index in [1.165, 1.54) is 16.0 Å². The SMILES string of the molecule is CC(Oc1nc2c(F)c(Cl)ncc2c(N(C(=O)OC(C)(C)C)[C@H]2[C@@H]3C[C@H]2N(C(=O)O)C3)c1N)[C@@H]1CCCN1C. The van der Waals surface area contributed by atoms with Crippen molar-refractivity contribution in [1.29, 1.82) is 0 Å². The van der Waals surface area contributed by atoms with Gasteiger partial charge in [0.15, 0.2) is 11.0 Å². The Morgan fingerprint density at radius 1 is 1.36 bits per heavy atom. The fourth-order valence-electron chi connectivity index (χ4n) is 6.14. The summed E-state index contributed by atoms with van der Waals surface area (Å²) in [5, 5.41) is 9.49. The quantitative estimate of drug-likeness (QED) is 0.508. The lowest BCUT2D eigenvalue weighted by atomic mass is 9.78. The molecule has 5 atom stereocenters. The summed E-state index contributed by atoms with van der Waals surface area (Å²) in [7, 11) is 2.01. The van der Waals surface area contributed by atoms with Crippen molar-refractivity contribution < 1.29 is 28.6 Å². The highest BCUT2D eigenvalue weighted by molar-refractivity contribution is 6.30. The number of likely N-dealkylation sites (N-methyl/N-ethyl adjacent to an activating group) is 1. The summed E-state index contributed by atoms with van der Waals surface area (Å²) in [5.41, 5.74) is 5.79. The molecule has 1 unspecified atom stereocenters. The van der Waals surface area contributed by atoms with E-state index in [-0.39, 0.29) is 57.9 Å². The van der Waals surface area contributed by atoms with Gasteiger partial charge in [-0.15, -0.1) is 0 Å². The number of pyridine rings is 2. The molecule has 4 aliphatic rings. The van der Waals surface area contributed by atoms with Gasteiger partial charge in [-0.3, -0.25) is 9.80 Å². The number of anilines is 2. The summed E-state index contributed by atoms with van der Waals surface area (Å²) in [6.07, 6.45) is 1.69. The van der Waals surface area contributed by atoms with Crippen LogP contribution >= 0.6 is 11.6 Å². The van der Waals surface area contributed by atoms with Gasteiger partial charge in [0.1, 0.15) is 22.9 Å². The molecule has 11 nitrogen and oxygen atoms in total. The number of nitrogens with two attached hydrogens (primary N) is 1. The van der Waals surface area contributed by atoms with Gasteiger partial charge in [0.05, 0.1) is 17.8 Å². The zero-order chi connectivity index (χ0) is 28.4. The van der Waals surface area contributed by atoms with Crippen molar-refractivity contribution in [3.8, 4) is 5.88 Å². The maximum absolute atomic E-state index is 15.4. The normalized spacial score (nSPS) is 25.5. The number of hydrogen-bond donors (Lipinski definition) is 2. The average molecular weight is 565 g/mol. The number of nitrogen functional groups attached to an aromatic ring is 1. The van der Waals surface area contributed by atoms with E-state index < -0.39 is 35.7 Å². The number of carbonyl (C=O) groups is 2. The predicted octanol–water partition coefficient (Wildman–Crippen LogP) is 4.36. The van der Waals surface area contributed by atoms with E-state index in [2.05, 4.69) is 14.9 Å². The number of aromatic nitrogens is 2. The van der Waals surface area contributed by atoms with Crippen molar-refractivity contribution in [2.45, 2.75) is 76.8 Å². The molecule has 212 valence electrons. The van der Waals surface area contributed by atoms with Gasteiger partial charge in [-0.05, 0) is 60.5 Å². The third-order valence-corrected chi connectivity index (χ3v) is 8.21. The lowest BCUT2D eigenvalue weighted by Gasteiger charge is -2.44. The van der Waals surface area contributed by atoms with Crippen LogP contribution in [0.5, 0.6) is 5.88 Å². The van der Waals surface area contributed by atoms with Gasteiger partial charge in [0.2, 0.25) is 5.88 Å². The summed E-state index contributed by atoms with van der Waals surface area (Å²) < 4.78 is 27.4. The first-order valence-electron chi connectivity index (χ1n) is 13.1. The van der Waals surface area contributed by atoms with Crippen LogP contribution in [0.4, 0.5) is 25.4 Å². The molecule has 1 saturated carbocycles. The molecular formula is C26H34ClFN6O5. The highest BCUT2D eigenvalue weighted by Crippen LogP contribution is 2.50. The van der Waals surface area contributed by atoms with Gasteiger partial charge in [0.25, 0.3) is 0 Å². The van der Waals surface area contributed by atoms with E-state index in [9.17, 15) is 14.7 Å². The van der Waals surface area contributed by atoms with Crippen molar-refractivity contribution in [3.63, 3.8) is 0 Å². The molecule has 2 aromatic heterocycles. The van der Waals surface area contributed by atoms with E-state index in [1.54, 1.807) is 20.8 Å². The molecule has 2 aromatic rings. The van der Waals surface area contributed by atoms with Crippen LogP contribution in [0.25, 0.3) is 10.9 Å². The van der Waals surface area contributed by atoms with Crippen LogP contribution in [0.15, 0.2) is 6.20 Å². The predicted molar refractivity (Wildman–Crippen MR) is 144 cm³/mol. The fourth-order valence-corrected chi connectivity index (χ4v) is 6.28. The second kappa shape index (κ2) is 9.81. The standard InChI is InChI=1S/C26H34ClFN6O5/c1-12(15-7-6-8-32(15)5)38-23-18(29)21(14-10-30-22(27)17(28)19(14)31-23)34(25(37)39-26(2,3)4)20-13-9-16(20)33(11-13)24(35)36/h10,12-13,15-16,20H,6-9,11,29H2,1-5H3,(H,35,36)/t12?,13-,15+,16-,20+/m1/s1. The van der Waals surface area contributed by atoms with Crippen LogP contribution in [0.3, 0.4) is 0 Å². The monoisotopic (exact) mass is 564 g/mol. The summed E-state index contributed by atoms with van der Waals surface area (Å²) in [4.78, 5) is 38.9. The van der Waals surface area contributed by atoms with Crippen LogP contribution < -0.4 is 15.4 Å². The average Bonchev–Trinajstić information content (AvgIpc) is 3.55. The van der Waals surface area contributed by atoms with Gasteiger partial charge in [-0.25, -0.2) is 23.9 Å². The van der Waals surface area contributed by atoms with Crippen molar-refractivity contribution in [2.75, 3.05) is 30.8 Å². The first kappa shape index (κ1) is 27.4. The van der Waals surface area contributed by atoms with E-state index in [4.69, 9.17) is 26.8 Å². The van der Waals surface area contributed by atoms with Crippen LogP contribution in [0, 0.1) is 11.7 Å². The van der Waals surface area contributed by atoms with Crippen LogP contribution in [-0.2, 0) is 4.74 Å². The van der Waals surface area contributed by atoms with Crippen molar-refractivity contribution in [3.05, 3.63) is 17.2 Å². The first-order chi connectivity index (χ1) is 18.3. The van der Waals surface area contributed by atoms with Gasteiger partial charge in [-0.2, -0.15) is 0 Å². The zero-order valence-corrected chi connectivity index (χ0v) is 23.4. The Bertz CT molecular complexity index is 1320. The second-order valence-corrected chi connectivity index (χ2v) is 12.0. The summed E-state index contributed by atoms with van der Waals surface area (Å²) in [5.74, 6) is -1.07. The highest BCUT2D eigenvalue weighted by atomic mass is 35.5. The zero-order valence-electron chi connectivity index (χ0n) is 22.6. The van der Waals surface area contributed by atoms with Crippen LogP contribution in [0.1, 0.15) is 47.0 Å². The van der Waals surface area contributed by atoms with E-state index in [0.717, 1.165) is 19.4 Å². The molecule has 39 heavy (non-hydrogen) atoms. The molecule has 13 heteroatoms. The molecular weight excluding hydrogens is 531 g/mol. The van der Waals surface area contributed by atoms with Gasteiger partial charge < -0.3 is 25.2 Å². The third kappa shape index (κ3) is 4.77. The molecule has 2 bridgehead atoms. The summed E-state index contributed by atoms with van der Waals surface area (Å²) in [6.45, 7) is 8.27. The Morgan fingerprint density at radius 2 is 2.08 bits per heavy atom. The number of nitrogens with zero attached hydrogens (tertiary/aromatic N) is 5. The lowest BCUT2D eigenvalue weighted by molar-refractivity contribution is 0.0517. The fraction of sp³-hybridized carbons (Fsp3) is 0.615. The molecule has 3 N–H and O–H groups in total. The van der Waals surface area contributed by atoms with Crippen molar-refractivity contribution in [2.24, 2.45) is 5.92 Å². The number of carbonyl (C=O) groups excluding carboxylic acids is 1. The van der Waals surface area contributed by atoms with Gasteiger partial charge >= 0.3 is 12.2 Å². The molecule has 3 aliphatic heterocycles. The highest BCUT2D eigenvalue weighted by Gasteiger charge is 2.58. The maximum atomic E-state index is 15.4. The Labute approximate surface area is 231 Å². The van der Waals surface area contributed by atoms with Gasteiger partial charge in [0, 0.05) is 30.1 Å². The minimum Gasteiger partial charge on any atom is -0.471 e.